The molecule has 0 heterocycles. The number of rotatable bonds is 7. The fraction of sp³-hybridized carbons (Fsp3) is 1.00. The van der Waals surface area contributed by atoms with Crippen LogP contribution in [0.4, 0.5) is 0 Å². The summed E-state index contributed by atoms with van der Waals surface area (Å²) in [6.45, 7) is 11.6. The Kier molecular flexibility index (Phi) is 7.54. The molecule has 0 bridgehead atoms. The van der Waals surface area contributed by atoms with Crippen molar-refractivity contribution >= 4 is 15.6 Å². The summed E-state index contributed by atoms with van der Waals surface area (Å²) in [5.41, 5.74) is 0.507. The second kappa shape index (κ2) is 8.13. The first-order chi connectivity index (χ1) is 8.91. The van der Waals surface area contributed by atoms with Gasteiger partial charge in [0.05, 0.1) is 13.2 Å². The monoisotopic (exact) mass is 308 g/mol. The normalized spacial score (nSPS) is 29.5. The van der Waals surface area contributed by atoms with Crippen LogP contribution in [0.3, 0.4) is 0 Å². The molecule has 114 valence electrons. The third kappa shape index (κ3) is 5.46. The minimum Gasteiger partial charge on any atom is -0.306 e. The smallest absolute Gasteiger partial charge is 0.306 e. The van der Waals surface area contributed by atoms with Gasteiger partial charge >= 0.3 is 7.28 Å². The lowest BCUT2D eigenvalue weighted by Crippen LogP contribution is -2.29. The van der Waals surface area contributed by atoms with Crippen LogP contribution >= 0.6 is 15.6 Å². The Morgan fingerprint density at radius 2 is 1.79 bits per heavy atom. The van der Waals surface area contributed by atoms with Crippen molar-refractivity contribution in [1.82, 2.24) is 0 Å². The molecule has 1 unspecified atom stereocenters. The average Bonchev–Trinajstić information content (AvgIpc) is 2.28. The Balaban J connectivity index is 2.75. The van der Waals surface area contributed by atoms with E-state index in [2.05, 4.69) is 20.8 Å². The summed E-state index contributed by atoms with van der Waals surface area (Å²) in [7, 11) is -2.55. The summed E-state index contributed by atoms with van der Waals surface area (Å²) in [6.07, 6.45) is 3.73. The average molecular weight is 308 g/mol. The van der Waals surface area contributed by atoms with Crippen molar-refractivity contribution in [1.29, 1.82) is 0 Å². The van der Waals surface area contributed by atoms with Crippen molar-refractivity contribution in [3.05, 3.63) is 0 Å². The van der Waals surface area contributed by atoms with E-state index in [9.17, 15) is 4.57 Å². The molecule has 1 aliphatic carbocycles. The molecule has 0 amide bonds. The SMILES string of the molecule is CCOP(=O)(OCC)P[C@@H]1C[C@H](C)CC[C@H]1C(C)C. The Bertz CT molecular complexity index is 297. The summed E-state index contributed by atoms with van der Waals surface area (Å²) in [6, 6.07) is 0. The summed E-state index contributed by atoms with van der Waals surface area (Å²) in [5.74, 6) is 2.06. The molecule has 1 rings (SSSR count). The zero-order chi connectivity index (χ0) is 14.5. The second-order valence-corrected chi connectivity index (χ2v) is 10.8. The van der Waals surface area contributed by atoms with Gasteiger partial charge < -0.3 is 9.05 Å². The highest BCUT2D eigenvalue weighted by Crippen LogP contribution is 2.70. The maximum atomic E-state index is 12.7. The third-order valence-electron chi connectivity index (χ3n) is 3.94. The molecule has 1 saturated carbocycles. The molecule has 4 atom stereocenters. The zero-order valence-corrected chi connectivity index (χ0v) is 14.9. The van der Waals surface area contributed by atoms with E-state index < -0.39 is 7.28 Å². The molecule has 0 N–H and O–H groups in total. The molecule has 5 heteroatoms. The molecule has 0 aromatic heterocycles. The van der Waals surface area contributed by atoms with Crippen LogP contribution in [0.15, 0.2) is 0 Å². The van der Waals surface area contributed by atoms with Crippen LogP contribution in [0.2, 0.25) is 0 Å². The molecule has 0 spiro atoms. The molecule has 19 heavy (non-hydrogen) atoms. The molecule has 3 nitrogen and oxygen atoms in total. The van der Waals surface area contributed by atoms with Crippen molar-refractivity contribution < 1.29 is 13.6 Å². The van der Waals surface area contributed by atoms with E-state index in [1.807, 2.05) is 13.8 Å². The van der Waals surface area contributed by atoms with Crippen molar-refractivity contribution in [2.75, 3.05) is 13.2 Å². The highest BCUT2D eigenvalue weighted by molar-refractivity contribution is 8.20. The van der Waals surface area contributed by atoms with Gasteiger partial charge in [-0.25, -0.2) is 0 Å². The zero-order valence-electron chi connectivity index (χ0n) is 13.0. The van der Waals surface area contributed by atoms with Gasteiger partial charge in [0.15, 0.2) is 0 Å². The largest absolute Gasteiger partial charge is 0.346 e. The first-order valence-corrected chi connectivity index (χ1v) is 11.0. The molecule has 0 aromatic carbocycles. The van der Waals surface area contributed by atoms with Crippen molar-refractivity contribution in [2.24, 2.45) is 17.8 Å². The Morgan fingerprint density at radius 1 is 1.21 bits per heavy atom. The lowest BCUT2D eigenvalue weighted by Gasteiger charge is -2.38. The van der Waals surface area contributed by atoms with Gasteiger partial charge in [-0.15, -0.1) is 0 Å². The van der Waals surface area contributed by atoms with Gasteiger partial charge in [-0.05, 0) is 50.1 Å². The summed E-state index contributed by atoms with van der Waals surface area (Å²) < 4.78 is 23.7. The van der Waals surface area contributed by atoms with Gasteiger partial charge in [-0.1, -0.05) is 27.2 Å². The van der Waals surface area contributed by atoms with Gasteiger partial charge in [-0.3, -0.25) is 4.57 Å². The maximum Gasteiger partial charge on any atom is 0.346 e. The fourth-order valence-corrected chi connectivity index (χ4v) is 8.90. The number of hydrogen-bond acceptors (Lipinski definition) is 3. The lowest BCUT2D eigenvalue weighted by atomic mass is 9.77. The molecule has 1 fully saturated rings. The van der Waals surface area contributed by atoms with Crippen LogP contribution in [-0.4, -0.2) is 18.9 Å². The van der Waals surface area contributed by atoms with Crippen molar-refractivity contribution in [3.8, 4) is 0 Å². The van der Waals surface area contributed by atoms with E-state index in [0.717, 1.165) is 5.92 Å². The highest BCUT2D eigenvalue weighted by Gasteiger charge is 2.37. The van der Waals surface area contributed by atoms with E-state index in [4.69, 9.17) is 9.05 Å². The number of hydrogen-bond donors (Lipinski definition) is 0. The summed E-state index contributed by atoms with van der Waals surface area (Å²) in [4.78, 5) is 0. The minimum absolute atomic E-state index is 0.309. The summed E-state index contributed by atoms with van der Waals surface area (Å²) in [5, 5.41) is 0. The van der Waals surface area contributed by atoms with E-state index >= 15 is 0 Å². The van der Waals surface area contributed by atoms with E-state index in [1.165, 1.54) is 19.3 Å². The van der Waals surface area contributed by atoms with Crippen molar-refractivity contribution in [2.45, 2.75) is 59.5 Å². The van der Waals surface area contributed by atoms with Gasteiger partial charge in [0.25, 0.3) is 0 Å². The summed E-state index contributed by atoms with van der Waals surface area (Å²) >= 11 is 0. The second-order valence-electron chi connectivity index (χ2n) is 5.89. The predicted molar refractivity (Wildman–Crippen MR) is 84.3 cm³/mol. The van der Waals surface area contributed by atoms with Crippen LogP contribution in [0.5, 0.6) is 0 Å². The first-order valence-electron chi connectivity index (χ1n) is 7.58. The first kappa shape index (κ1) is 17.6. The van der Waals surface area contributed by atoms with E-state index in [1.54, 1.807) is 0 Å². The third-order valence-corrected chi connectivity index (χ3v) is 9.17. The highest BCUT2D eigenvalue weighted by atomic mass is 32.1. The van der Waals surface area contributed by atoms with Gasteiger partial charge in [0.1, 0.15) is 0 Å². The predicted octanol–water partition coefficient (Wildman–Crippen LogP) is 5.31. The maximum absolute atomic E-state index is 12.7. The fourth-order valence-electron chi connectivity index (χ4n) is 3.01. The van der Waals surface area contributed by atoms with Gasteiger partial charge in [0.2, 0.25) is 0 Å². The molecule has 0 aromatic rings. The van der Waals surface area contributed by atoms with Crippen LogP contribution in [0.25, 0.3) is 0 Å². The van der Waals surface area contributed by atoms with Gasteiger partial charge in [-0.2, -0.15) is 0 Å². The standard InChI is InChI=1S/C14H30O3P2/c1-6-16-19(15,17-7-2)18-14-10-12(5)8-9-13(14)11(3)4/h11-14,18H,6-10H2,1-5H3/t12-,13+,14-/m1/s1. The van der Waals surface area contributed by atoms with E-state index in [0.29, 0.717) is 39.0 Å². The quantitative estimate of drug-likeness (QED) is 0.598. The Labute approximate surface area is 120 Å². The molecule has 1 aliphatic rings. The minimum atomic E-state index is -2.86. The van der Waals surface area contributed by atoms with Crippen LogP contribution in [-0.2, 0) is 13.6 Å². The molecular formula is C14H30O3P2. The topological polar surface area (TPSA) is 35.5 Å². The van der Waals surface area contributed by atoms with Crippen LogP contribution < -0.4 is 0 Å². The van der Waals surface area contributed by atoms with E-state index in [-0.39, 0.29) is 0 Å². The van der Waals surface area contributed by atoms with Crippen LogP contribution in [0, 0.1) is 17.8 Å². The lowest BCUT2D eigenvalue weighted by molar-refractivity contribution is 0.229. The Hall–Kier alpha value is 0.580. The molecular weight excluding hydrogens is 278 g/mol. The molecule has 0 radical (unpaired) electrons. The Morgan fingerprint density at radius 3 is 2.26 bits per heavy atom. The molecule has 0 aliphatic heterocycles. The molecule has 0 saturated heterocycles. The van der Waals surface area contributed by atoms with Crippen molar-refractivity contribution in [3.63, 3.8) is 0 Å². The van der Waals surface area contributed by atoms with Crippen LogP contribution in [0.1, 0.15) is 53.9 Å². The van der Waals surface area contributed by atoms with Gasteiger partial charge in [0, 0.05) is 8.27 Å².